The SMILES string of the molecule is CC(C)C(=O)NC(=S)Nc1ccccc1O. The number of amides is 1. The molecule has 0 aliphatic rings. The van der Waals surface area contributed by atoms with Gasteiger partial charge in [-0.3, -0.25) is 4.79 Å². The van der Waals surface area contributed by atoms with Gasteiger partial charge in [-0.25, -0.2) is 0 Å². The number of phenolic OH excluding ortho intramolecular Hbond substituents is 1. The largest absolute Gasteiger partial charge is 0.506 e. The van der Waals surface area contributed by atoms with Crippen LogP contribution in [-0.2, 0) is 4.79 Å². The quantitative estimate of drug-likeness (QED) is 0.543. The average molecular weight is 238 g/mol. The van der Waals surface area contributed by atoms with Crippen molar-refractivity contribution in [3.8, 4) is 5.75 Å². The smallest absolute Gasteiger partial charge is 0.228 e. The molecule has 0 fully saturated rings. The van der Waals surface area contributed by atoms with E-state index in [0.717, 1.165) is 0 Å². The number of phenols is 1. The van der Waals surface area contributed by atoms with E-state index in [9.17, 15) is 9.90 Å². The van der Waals surface area contributed by atoms with Gasteiger partial charge in [0, 0.05) is 5.92 Å². The molecule has 0 spiro atoms. The summed E-state index contributed by atoms with van der Waals surface area (Å²) in [5, 5.41) is 14.9. The predicted octanol–water partition coefficient (Wildman–Crippen LogP) is 1.86. The number of nitrogens with one attached hydrogen (secondary N) is 2. The summed E-state index contributed by atoms with van der Waals surface area (Å²) < 4.78 is 0. The van der Waals surface area contributed by atoms with Gasteiger partial charge in [0.2, 0.25) is 5.91 Å². The molecule has 0 aliphatic heterocycles. The van der Waals surface area contributed by atoms with E-state index in [1.165, 1.54) is 6.07 Å². The summed E-state index contributed by atoms with van der Waals surface area (Å²) in [6, 6.07) is 6.67. The molecular weight excluding hydrogens is 224 g/mol. The van der Waals surface area contributed by atoms with Crippen LogP contribution in [0.15, 0.2) is 24.3 Å². The number of hydrogen-bond acceptors (Lipinski definition) is 3. The van der Waals surface area contributed by atoms with Crippen LogP contribution in [0.3, 0.4) is 0 Å². The van der Waals surface area contributed by atoms with Gasteiger partial charge in [-0.05, 0) is 24.4 Å². The zero-order valence-electron chi connectivity index (χ0n) is 9.15. The van der Waals surface area contributed by atoms with E-state index in [4.69, 9.17) is 12.2 Å². The summed E-state index contributed by atoms with van der Waals surface area (Å²) in [6.07, 6.45) is 0. The van der Waals surface area contributed by atoms with Crippen LogP contribution < -0.4 is 10.6 Å². The maximum Gasteiger partial charge on any atom is 0.228 e. The maximum absolute atomic E-state index is 11.3. The van der Waals surface area contributed by atoms with Crippen LogP contribution in [0.5, 0.6) is 5.75 Å². The molecule has 0 radical (unpaired) electrons. The van der Waals surface area contributed by atoms with Crippen LogP contribution in [0.4, 0.5) is 5.69 Å². The summed E-state index contributed by atoms with van der Waals surface area (Å²) in [6.45, 7) is 3.55. The molecule has 3 N–H and O–H groups in total. The molecule has 0 saturated carbocycles. The van der Waals surface area contributed by atoms with E-state index in [1.54, 1.807) is 32.0 Å². The zero-order chi connectivity index (χ0) is 12.1. The fraction of sp³-hybridized carbons (Fsp3) is 0.273. The number of thiocarbonyl (C=S) groups is 1. The van der Waals surface area contributed by atoms with Gasteiger partial charge in [0.25, 0.3) is 0 Å². The summed E-state index contributed by atoms with van der Waals surface area (Å²) in [4.78, 5) is 11.3. The number of hydrogen-bond donors (Lipinski definition) is 3. The van der Waals surface area contributed by atoms with E-state index >= 15 is 0 Å². The van der Waals surface area contributed by atoms with Crippen LogP contribution in [0, 0.1) is 5.92 Å². The molecule has 0 bridgehead atoms. The number of carbonyl (C=O) groups is 1. The fourth-order valence-electron chi connectivity index (χ4n) is 0.989. The Labute approximate surface area is 99.7 Å². The highest BCUT2D eigenvalue weighted by Gasteiger charge is 2.09. The van der Waals surface area contributed by atoms with E-state index < -0.39 is 0 Å². The van der Waals surface area contributed by atoms with Crippen LogP contribution in [-0.4, -0.2) is 16.1 Å². The number of aromatic hydroxyl groups is 1. The Morgan fingerprint density at radius 1 is 1.38 bits per heavy atom. The highest BCUT2D eigenvalue weighted by molar-refractivity contribution is 7.80. The number of carbonyl (C=O) groups excluding carboxylic acids is 1. The number of anilines is 1. The van der Waals surface area contributed by atoms with Crippen molar-refractivity contribution in [1.29, 1.82) is 0 Å². The van der Waals surface area contributed by atoms with Crippen molar-refractivity contribution in [2.24, 2.45) is 5.92 Å². The highest BCUT2D eigenvalue weighted by Crippen LogP contribution is 2.21. The van der Waals surface area contributed by atoms with Crippen LogP contribution in [0.2, 0.25) is 0 Å². The third-order valence-electron chi connectivity index (χ3n) is 1.91. The Morgan fingerprint density at radius 2 is 2.00 bits per heavy atom. The molecule has 0 aliphatic carbocycles. The molecule has 1 aromatic rings. The first-order valence-corrected chi connectivity index (χ1v) is 5.31. The van der Waals surface area contributed by atoms with Gasteiger partial charge in [0.15, 0.2) is 5.11 Å². The van der Waals surface area contributed by atoms with Gasteiger partial charge in [0.05, 0.1) is 5.69 Å². The second kappa shape index (κ2) is 5.46. The van der Waals surface area contributed by atoms with Crippen LogP contribution >= 0.6 is 12.2 Å². The lowest BCUT2D eigenvalue weighted by Gasteiger charge is -2.11. The first-order valence-electron chi connectivity index (χ1n) is 4.90. The zero-order valence-corrected chi connectivity index (χ0v) is 9.97. The van der Waals surface area contributed by atoms with Crippen molar-refractivity contribution >= 4 is 28.9 Å². The molecule has 0 saturated heterocycles. The van der Waals surface area contributed by atoms with Gasteiger partial charge in [-0.1, -0.05) is 26.0 Å². The van der Waals surface area contributed by atoms with Crippen molar-refractivity contribution in [2.75, 3.05) is 5.32 Å². The Bertz CT molecular complexity index is 405. The Morgan fingerprint density at radius 3 is 2.56 bits per heavy atom. The molecular formula is C11H14N2O2S. The number of para-hydroxylation sites is 2. The first-order chi connectivity index (χ1) is 7.50. The maximum atomic E-state index is 11.3. The second-order valence-electron chi connectivity index (χ2n) is 3.62. The number of rotatable bonds is 2. The van der Waals surface area contributed by atoms with E-state index in [2.05, 4.69) is 10.6 Å². The molecule has 4 nitrogen and oxygen atoms in total. The van der Waals surface area contributed by atoms with Gasteiger partial charge in [-0.2, -0.15) is 0 Å². The van der Waals surface area contributed by atoms with Crippen LogP contribution in [0.1, 0.15) is 13.8 Å². The van der Waals surface area contributed by atoms with Crippen molar-refractivity contribution < 1.29 is 9.90 Å². The average Bonchev–Trinajstić information content (AvgIpc) is 2.21. The topological polar surface area (TPSA) is 61.4 Å². The van der Waals surface area contributed by atoms with Gasteiger partial charge in [0.1, 0.15) is 5.75 Å². The molecule has 0 heterocycles. The summed E-state index contributed by atoms with van der Waals surface area (Å²) in [5.41, 5.74) is 0.469. The third-order valence-corrected chi connectivity index (χ3v) is 2.12. The van der Waals surface area contributed by atoms with Gasteiger partial charge >= 0.3 is 0 Å². The van der Waals surface area contributed by atoms with Crippen molar-refractivity contribution in [2.45, 2.75) is 13.8 Å². The molecule has 0 unspecified atom stereocenters. The molecule has 16 heavy (non-hydrogen) atoms. The van der Waals surface area contributed by atoms with Gasteiger partial charge < -0.3 is 15.7 Å². The number of benzene rings is 1. The molecule has 1 rings (SSSR count). The fourth-order valence-corrected chi connectivity index (χ4v) is 1.20. The highest BCUT2D eigenvalue weighted by atomic mass is 32.1. The predicted molar refractivity (Wildman–Crippen MR) is 67.3 cm³/mol. The summed E-state index contributed by atoms with van der Waals surface area (Å²) in [7, 11) is 0. The Kier molecular flexibility index (Phi) is 4.25. The monoisotopic (exact) mass is 238 g/mol. The molecule has 5 heteroatoms. The summed E-state index contributed by atoms with van der Waals surface area (Å²) >= 11 is 4.94. The minimum atomic E-state index is -0.159. The van der Waals surface area contributed by atoms with E-state index in [-0.39, 0.29) is 22.7 Å². The lowest BCUT2D eigenvalue weighted by molar-refractivity contribution is -0.122. The van der Waals surface area contributed by atoms with Crippen molar-refractivity contribution in [3.63, 3.8) is 0 Å². The van der Waals surface area contributed by atoms with E-state index in [1.807, 2.05) is 0 Å². The van der Waals surface area contributed by atoms with Gasteiger partial charge in [-0.15, -0.1) is 0 Å². The molecule has 1 amide bonds. The summed E-state index contributed by atoms with van der Waals surface area (Å²) in [5.74, 6) is -0.208. The third kappa shape index (κ3) is 3.51. The lowest BCUT2D eigenvalue weighted by Crippen LogP contribution is -2.36. The standard InChI is InChI=1S/C11H14N2O2S/c1-7(2)10(15)13-11(16)12-8-5-3-4-6-9(8)14/h3-7,14H,1-2H3,(H2,12,13,15,16). The normalized spacial score (nSPS) is 9.94. The minimum Gasteiger partial charge on any atom is -0.506 e. The Balaban J connectivity index is 2.59. The first kappa shape index (κ1) is 12.4. The molecule has 0 atom stereocenters. The minimum absolute atomic E-state index is 0.0867. The van der Waals surface area contributed by atoms with Crippen LogP contribution in [0.25, 0.3) is 0 Å². The Hall–Kier alpha value is -1.62. The molecule has 0 aromatic heterocycles. The molecule has 1 aromatic carbocycles. The van der Waals surface area contributed by atoms with E-state index in [0.29, 0.717) is 5.69 Å². The van der Waals surface area contributed by atoms with Crippen molar-refractivity contribution in [3.05, 3.63) is 24.3 Å². The second-order valence-corrected chi connectivity index (χ2v) is 4.02. The lowest BCUT2D eigenvalue weighted by atomic mass is 10.2. The molecule has 86 valence electrons. The van der Waals surface area contributed by atoms with Crippen molar-refractivity contribution in [1.82, 2.24) is 5.32 Å².